The lowest BCUT2D eigenvalue weighted by Gasteiger charge is -1.94. The minimum absolute atomic E-state index is 0.560. The smallest absolute Gasteiger partial charge is 0.0231 e. The van der Waals surface area contributed by atoms with Crippen molar-refractivity contribution < 1.29 is 0 Å². The highest BCUT2D eigenvalue weighted by Crippen LogP contribution is 1.88. The molecule has 1 aliphatic rings. The average Bonchev–Trinajstić information content (AvgIpc) is 1.86. The standard InChI is InChI=1S/C5H8N/c1-5-3-2-4-6-5/h3,5-6H,4H2,1H3/t5-/m0/s1. The molecule has 33 valence electrons. The number of nitrogens with one attached hydrogen (secondary N) is 1. The first-order valence-corrected chi connectivity index (χ1v) is 2.20. The van der Waals surface area contributed by atoms with Gasteiger partial charge in [-0.05, 0) is 13.0 Å². The maximum absolute atomic E-state index is 3.15. The van der Waals surface area contributed by atoms with E-state index in [0.29, 0.717) is 6.04 Å². The first kappa shape index (κ1) is 3.88. The molecule has 0 spiro atoms. The van der Waals surface area contributed by atoms with Crippen LogP contribution in [0, 0.1) is 6.08 Å². The normalized spacial score (nSPS) is 31.8. The van der Waals surface area contributed by atoms with Crippen molar-refractivity contribution in [3.05, 3.63) is 12.2 Å². The maximum Gasteiger partial charge on any atom is 0.0231 e. The zero-order valence-corrected chi connectivity index (χ0v) is 3.86. The third-order valence-electron chi connectivity index (χ3n) is 0.894. The molecule has 0 fully saturated rings. The van der Waals surface area contributed by atoms with Gasteiger partial charge in [0.15, 0.2) is 0 Å². The van der Waals surface area contributed by atoms with Crippen molar-refractivity contribution in [2.24, 2.45) is 0 Å². The summed E-state index contributed by atoms with van der Waals surface area (Å²) in [6.45, 7) is 3.04. The van der Waals surface area contributed by atoms with Crippen LogP contribution in [0.3, 0.4) is 0 Å². The summed E-state index contributed by atoms with van der Waals surface area (Å²) in [6, 6.07) is 0.560. The Morgan fingerprint density at radius 3 is 3.00 bits per heavy atom. The van der Waals surface area contributed by atoms with Crippen LogP contribution < -0.4 is 5.32 Å². The summed E-state index contributed by atoms with van der Waals surface area (Å²) < 4.78 is 0. The predicted octanol–water partition coefficient (Wildman–Crippen LogP) is 0.337. The highest BCUT2D eigenvalue weighted by atomic mass is 14.9. The predicted molar refractivity (Wildman–Crippen MR) is 25.3 cm³/mol. The highest BCUT2D eigenvalue weighted by Gasteiger charge is 1.97. The molecule has 6 heavy (non-hydrogen) atoms. The van der Waals surface area contributed by atoms with E-state index in [2.05, 4.69) is 18.3 Å². The van der Waals surface area contributed by atoms with Gasteiger partial charge < -0.3 is 5.32 Å². The van der Waals surface area contributed by atoms with Gasteiger partial charge >= 0.3 is 0 Å². The summed E-state index contributed by atoms with van der Waals surface area (Å²) in [7, 11) is 0. The molecule has 0 bridgehead atoms. The van der Waals surface area contributed by atoms with Crippen LogP contribution in [0.4, 0.5) is 0 Å². The minimum Gasteiger partial charge on any atom is -0.307 e. The van der Waals surface area contributed by atoms with Crippen molar-refractivity contribution in [1.29, 1.82) is 0 Å². The molecular weight excluding hydrogens is 74.1 g/mol. The molecule has 0 unspecified atom stereocenters. The molecule has 0 aliphatic carbocycles. The Bertz CT molecular complexity index is 66.3. The number of hydrogen-bond acceptors (Lipinski definition) is 1. The summed E-state index contributed by atoms with van der Waals surface area (Å²) in [4.78, 5) is 0. The van der Waals surface area contributed by atoms with Gasteiger partial charge in [0.05, 0.1) is 0 Å². The lowest BCUT2D eigenvalue weighted by atomic mass is 10.4. The molecule has 1 atom stereocenters. The van der Waals surface area contributed by atoms with Crippen molar-refractivity contribution in [1.82, 2.24) is 5.32 Å². The second-order valence-corrected chi connectivity index (χ2v) is 1.54. The Balaban J connectivity index is 2.38. The molecule has 0 aromatic heterocycles. The van der Waals surface area contributed by atoms with Crippen LogP contribution in [-0.4, -0.2) is 12.6 Å². The molecule has 0 amide bonds. The third kappa shape index (κ3) is 0.601. The summed E-state index contributed by atoms with van der Waals surface area (Å²) in [6.07, 6.45) is 5.08. The fraction of sp³-hybridized carbons (Fsp3) is 0.600. The van der Waals surface area contributed by atoms with Gasteiger partial charge in [-0.15, -0.1) is 0 Å². The van der Waals surface area contributed by atoms with Crippen molar-refractivity contribution >= 4 is 0 Å². The average molecular weight is 82.1 g/mol. The Hall–Kier alpha value is -0.300. The fourth-order valence-corrected chi connectivity index (χ4v) is 0.515. The van der Waals surface area contributed by atoms with Crippen LogP contribution >= 0.6 is 0 Å². The lowest BCUT2D eigenvalue weighted by molar-refractivity contribution is 0.724. The molecule has 1 N–H and O–H groups in total. The third-order valence-corrected chi connectivity index (χ3v) is 0.894. The zero-order chi connectivity index (χ0) is 4.41. The van der Waals surface area contributed by atoms with E-state index in [1.165, 1.54) is 0 Å². The van der Waals surface area contributed by atoms with E-state index in [9.17, 15) is 0 Å². The van der Waals surface area contributed by atoms with Gasteiger partial charge in [0, 0.05) is 12.6 Å². The molecule has 0 aromatic carbocycles. The van der Waals surface area contributed by atoms with E-state index < -0.39 is 0 Å². The monoisotopic (exact) mass is 82.1 g/mol. The first-order chi connectivity index (χ1) is 2.89. The molecule has 1 radical (unpaired) electrons. The summed E-state index contributed by atoms with van der Waals surface area (Å²) in [5.41, 5.74) is 0. The first-order valence-electron chi connectivity index (χ1n) is 2.20. The van der Waals surface area contributed by atoms with Crippen molar-refractivity contribution in [2.45, 2.75) is 13.0 Å². The van der Waals surface area contributed by atoms with E-state index in [-0.39, 0.29) is 0 Å². The molecule has 0 aromatic rings. The van der Waals surface area contributed by atoms with Crippen molar-refractivity contribution in [3.63, 3.8) is 0 Å². The van der Waals surface area contributed by atoms with E-state index in [1.54, 1.807) is 0 Å². The molecular formula is C5H8N. The van der Waals surface area contributed by atoms with E-state index in [0.717, 1.165) is 6.54 Å². The van der Waals surface area contributed by atoms with Crippen LogP contribution in [0.2, 0.25) is 0 Å². The van der Waals surface area contributed by atoms with Crippen molar-refractivity contribution in [3.8, 4) is 0 Å². The molecule has 1 rings (SSSR count). The Labute approximate surface area is 38.1 Å². The molecule has 1 heterocycles. The van der Waals surface area contributed by atoms with Crippen LogP contribution in [0.1, 0.15) is 6.92 Å². The van der Waals surface area contributed by atoms with Gasteiger partial charge in [-0.1, -0.05) is 6.08 Å². The van der Waals surface area contributed by atoms with E-state index in [4.69, 9.17) is 0 Å². The lowest BCUT2D eigenvalue weighted by Crippen LogP contribution is -2.17. The number of rotatable bonds is 0. The molecule has 0 saturated carbocycles. The zero-order valence-electron chi connectivity index (χ0n) is 3.86. The van der Waals surface area contributed by atoms with Gasteiger partial charge in [-0.3, -0.25) is 0 Å². The van der Waals surface area contributed by atoms with Gasteiger partial charge in [-0.2, -0.15) is 0 Å². The second kappa shape index (κ2) is 1.43. The minimum atomic E-state index is 0.560. The highest BCUT2D eigenvalue weighted by molar-refractivity contribution is 4.93. The summed E-state index contributed by atoms with van der Waals surface area (Å²) in [5, 5.41) is 3.15. The van der Waals surface area contributed by atoms with Gasteiger partial charge in [0.25, 0.3) is 0 Å². The second-order valence-electron chi connectivity index (χ2n) is 1.54. The fourth-order valence-electron chi connectivity index (χ4n) is 0.515. The van der Waals surface area contributed by atoms with Gasteiger partial charge in [-0.25, -0.2) is 0 Å². The SMILES string of the molecule is C[C@H]1C=[C]CN1. The van der Waals surface area contributed by atoms with Crippen molar-refractivity contribution in [2.75, 3.05) is 6.54 Å². The largest absolute Gasteiger partial charge is 0.307 e. The molecule has 1 aliphatic heterocycles. The Morgan fingerprint density at radius 1 is 2.00 bits per heavy atom. The molecule has 0 saturated heterocycles. The van der Waals surface area contributed by atoms with Crippen LogP contribution in [0.25, 0.3) is 0 Å². The maximum atomic E-state index is 3.15. The topological polar surface area (TPSA) is 12.0 Å². The molecule has 1 heteroatoms. The van der Waals surface area contributed by atoms with Gasteiger partial charge in [0.2, 0.25) is 0 Å². The van der Waals surface area contributed by atoms with E-state index >= 15 is 0 Å². The van der Waals surface area contributed by atoms with Crippen LogP contribution in [0.15, 0.2) is 6.08 Å². The summed E-state index contributed by atoms with van der Waals surface area (Å²) >= 11 is 0. The quantitative estimate of drug-likeness (QED) is 0.444. The van der Waals surface area contributed by atoms with Gasteiger partial charge in [0.1, 0.15) is 0 Å². The van der Waals surface area contributed by atoms with Crippen LogP contribution in [0.5, 0.6) is 0 Å². The van der Waals surface area contributed by atoms with E-state index in [1.807, 2.05) is 6.08 Å². The summed E-state index contributed by atoms with van der Waals surface area (Å²) in [5.74, 6) is 0. The Kier molecular flexibility index (Phi) is 0.926. The number of hydrogen-bond donors (Lipinski definition) is 1. The Morgan fingerprint density at radius 2 is 2.83 bits per heavy atom. The van der Waals surface area contributed by atoms with Crippen LogP contribution in [-0.2, 0) is 0 Å². The molecule has 1 nitrogen and oxygen atoms in total.